The van der Waals surface area contributed by atoms with Crippen LogP contribution in [0.1, 0.15) is 10.5 Å². The predicted octanol–water partition coefficient (Wildman–Crippen LogP) is 3.58. The van der Waals surface area contributed by atoms with E-state index in [0.717, 1.165) is 16.3 Å². The fourth-order valence-corrected chi connectivity index (χ4v) is 3.03. The molecule has 0 saturated carbocycles. The zero-order valence-corrected chi connectivity index (χ0v) is 13.3. The summed E-state index contributed by atoms with van der Waals surface area (Å²) in [5.74, 6) is -0.258. The molecule has 0 aliphatic carbocycles. The van der Waals surface area contributed by atoms with E-state index in [4.69, 9.17) is 0 Å². The predicted molar refractivity (Wildman–Crippen MR) is 93.4 cm³/mol. The molecule has 0 fully saturated rings. The minimum Gasteiger partial charge on any atom is -0.321 e. The van der Waals surface area contributed by atoms with Crippen LogP contribution in [0.2, 0.25) is 0 Å². The molecule has 0 spiro atoms. The monoisotopic (exact) mass is 335 g/mol. The number of benzene rings is 1. The van der Waals surface area contributed by atoms with Gasteiger partial charge < -0.3 is 5.32 Å². The molecule has 4 rings (SSSR count). The average Bonchev–Trinajstić information content (AvgIpc) is 3.36. The first kappa shape index (κ1) is 14.4. The number of thiophene rings is 1. The number of hydrogen-bond donors (Lipinski definition) is 2. The van der Waals surface area contributed by atoms with Gasteiger partial charge in [-0.2, -0.15) is 10.2 Å². The summed E-state index contributed by atoms with van der Waals surface area (Å²) in [6, 6.07) is 15.0. The van der Waals surface area contributed by atoms with Gasteiger partial charge in [0, 0.05) is 18.1 Å². The van der Waals surface area contributed by atoms with Crippen molar-refractivity contribution >= 4 is 22.9 Å². The Morgan fingerprint density at radius 2 is 2.12 bits per heavy atom. The van der Waals surface area contributed by atoms with E-state index in [9.17, 15) is 4.79 Å². The molecule has 0 bridgehead atoms. The maximum atomic E-state index is 12.4. The van der Waals surface area contributed by atoms with E-state index in [0.29, 0.717) is 11.4 Å². The second-order valence-electron chi connectivity index (χ2n) is 5.10. The van der Waals surface area contributed by atoms with Crippen LogP contribution < -0.4 is 5.32 Å². The summed E-state index contributed by atoms with van der Waals surface area (Å²) in [4.78, 5) is 13.4. The third kappa shape index (κ3) is 2.84. The van der Waals surface area contributed by atoms with E-state index in [2.05, 4.69) is 20.6 Å². The lowest BCUT2D eigenvalue weighted by Gasteiger charge is -2.06. The van der Waals surface area contributed by atoms with Crippen LogP contribution >= 0.6 is 11.3 Å². The number of carbonyl (C=O) groups excluding carboxylic acids is 1. The number of anilines is 1. The summed E-state index contributed by atoms with van der Waals surface area (Å²) in [5, 5.41) is 16.0. The van der Waals surface area contributed by atoms with Crippen molar-refractivity contribution in [2.45, 2.75) is 0 Å². The Kier molecular flexibility index (Phi) is 3.68. The lowest BCUT2D eigenvalue weighted by Crippen LogP contribution is -2.12. The molecule has 0 radical (unpaired) electrons. The number of hydrogen-bond acceptors (Lipinski definition) is 4. The second-order valence-corrected chi connectivity index (χ2v) is 6.05. The molecule has 3 heterocycles. The maximum Gasteiger partial charge on any atom is 0.276 e. The van der Waals surface area contributed by atoms with Crippen LogP contribution in [0.15, 0.2) is 66.3 Å². The molecule has 1 aromatic carbocycles. The zero-order chi connectivity index (χ0) is 16.4. The fraction of sp³-hybridized carbons (Fsp3) is 0. The molecule has 0 saturated heterocycles. The van der Waals surface area contributed by atoms with Gasteiger partial charge in [-0.1, -0.05) is 12.1 Å². The van der Waals surface area contributed by atoms with Gasteiger partial charge in [0.15, 0.2) is 5.69 Å². The van der Waals surface area contributed by atoms with E-state index < -0.39 is 0 Å². The number of aromatic amines is 1. The van der Waals surface area contributed by atoms with Gasteiger partial charge in [-0.3, -0.25) is 9.89 Å². The van der Waals surface area contributed by atoms with Crippen LogP contribution in [-0.4, -0.2) is 25.9 Å². The van der Waals surface area contributed by atoms with Gasteiger partial charge in [-0.05, 0) is 41.8 Å². The first-order valence-electron chi connectivity index (χ1n) is 7.30. The smallest absolute Gasteiger partial charge is 0.276 e. The molecule has 0 aliphatic heterocycles. The van der Waals surface area contributed by atoms with Crippen LogP contribution in [0, 0.1) is 0 Å². The molecule has 4 aromatic rings. The van der Waals surface area contributed by atoms with Crippen molar-refractivity contribution in [3.63, 3.8) is 0 Å². The lowest BCUT2D eigenvalue weighted by atomic mass is 10.2. The summed E-state index contributed by atoms with van der Waals surface area (Å²) >= 11 is 1.59. The molecule has 1 amide bonds. The molecule has 118 valence electrons. The molecule has 2 N–H and O–H groups in total. The first-order valence-corrected chi connectivity index (χ1v) is 8.18. The Bertz CT molecular complexity index is 957. The Labute approximate surface area is 141 Å². The SMILES string of the molecule is O=C(Nc1cccc(-n2cccn2)c1)c1cc(-c2cccs2)[nH]n1. The van der Waals surface area contributed by atoms with Gasteiger partial charge in [0.1, 0.15) is 0 Å². The fourth-order valence-electron chi connectivity index (χ4n) is 2.34. The van der Waals surface area contributed by atoms with Crippen LogP contribution in [0.3, 0.4) is 0 Å². The number of rotatable bonds is 4. The highest BCUT2D eigenvalue weighted by Crippen LogP contribution is 2.23. The van der Waals surface area contributed by atoms with Crippen LogP contribution in [0.4, 0.5) is 5.69 Å². The van der Waals surface area contributed by atoms with Gasteiger partial charge in [0.2, 0.25) is 0 Å². The second kappa shape index (κ2) is 6.13. The van der Waals surface area contributed by atoms with Crippen molar-refractivity contribution in [2.24, 2.45) is 0 Å². The maximum absolute atomic E-state index is 12.4. The summed E-state index contributed by atoms with van der Waals surface area (Å²) in [6.07, 6.45) is 3.56. The highest BCUT2D eigenvalue weighted by atomic mass is 32.1. The van der Waals surface area contributed by atoms with Gasteiger partial charge in [0.25, 0.3) is 5.91 Å². The molecule has 3 aromatic heterocycles. The quantitative estimate of drug-likeness (QED) is 0.598. The number of nitrogens with one attached hydrogen (secondary N) is 2. The van der Waals surface area contributed by atoms with Crippen molar-refractivity contribution in [3.05, 3.63) is 72.0 Å². The summed E-state index contributed by atoms with van der Waals surface area (Å²) in [5.41, 5.74) is 2.75. The number of nitrogens with zero attached hydrogens (tertiary/aromatic N) is 3. The van der Waals surface area contributed by atoms with Crippen LogP contribution in [0.5, 0.6) is 0 Å². The third-order valence-electron chi connectivity index (χ3n) is 3.47. The Balaban J connectivity index is 1.53. The Hall–Kier alpha value is -3.19. The lowest BCUT2D eigenvalue weighted by molar-refractivity contribution is 0.102. The zero-order valence-electron chi connectivity index (χ0n) is 12.5. The highest BCUT2D eigenvalue weighted by Gasteiger charge is 2.12. The molecular formula is C17H13N5OS. The standard InChI is InChI=1S/C17H13N5OS/c23-17(15-11-14(20-21-15)16-6-2-9-24-16)19-12-4-1-5-13(10-12)22-8-3-7-18-22/h1-11H,(H,19,23)(H,20,21). The van der Waals surface area contributed by atoms with E-state index in [1.54, 1.807) is 28.3 Å². The summed E-state index contributed by atoms with van der Waals surface area (Å²) in [7, 11) is 0. The van der Waals surface area contributed by atoms with Gasteiger partial charge in [0.05, 0.1) is 16.3 Å². The summed E-state index contributed by atoms with van der Waals surface area (Å²) in [6.45, 7) is 0. The topological polar surface area (TPSA) is 75.6 Å². The Morgan fingerprint density at radius 1 is 1.17 bits per heavy atom. The van der Waals surface area contributed by atoms with Crippen LogP contribution in [0.25, 0.3) is 16.3 Å². The molecule has 0 atom stereocenters. The normalized spacial score (nSPS) is 10.7. The van der Waals surface area contributed by atoms with Crippen molar-refractivity contribution in [1.82, 2.24) is 20.0 Å². The van der Waals surface area contributed by atoms with Gasteiger partial charge in [-0.15, -0.1) is 11.3 Å². The van der Waals surface area contributed by atoms with Crippen molar-refractivity contribution in [2.75, 3.05) is 5.32 Å². The van der Waals surface area contributed by atoms with Crippen molar-refractivity contribution < 1.29 is 4.79 Å². The third-order valence-corrected chi connectivity index (χ3v) is 4.37. The van der Waals surface area contributed by atoms with E-state index >= 15 is 0 Å². The van der Waals surface area contributed by atoms with E-state index in [-0.39, 0.29) is 5.91 Å². The van der Waals surface area contributed by atoms with Gasteiger partial charge >= 0.3 is 0 Å². The first-order chi connectivity index (χ1) is 11.8. The number of aromatic nitrogens is 4. The van der Waals surface area contributed by atoms with E-state index in [1.807, 2.05) is 54.0 Å². The molecule has 0 unspecified atom stereocenters. The van der Waals surface area contributed by atoms with Crippen molar-refractivity contribution in [3.8, 4) is 16.3 Å². The summed E-state index contributed by atoms with van der Waals surface area (Å²) < 4.78 is 1.74. The molecule has 7 heteroatoms. The van der Waals surface area contributed by atoms with Crippen LogP contribution in [-0.2, 0) is 0 Å². The minimum absolute atomic E-state index is 0.258. The van der Waals surface area contributed by atoms with Crippen molar-refractivity contribution in [1.29, 1.82) is 0 Å². The number of amides is 1. The highest BCUT2D eigenvalue weighted by molar-refractivity contribution is 7.13. The average molecular weight is 335 g/mol. The number of H-pyrrole nitrogens is 1. The van der Waals surface area contributed by atoms with Gasteiger partial charge in [-0.25, -0.2) is 4.68 Å². The molecule has 6 nitrogen and oxygen atoms in total. The largest absolute Gasteiger partial charge is 0.321 e. The molecule has 24 heavy (non-hydrogen) atoms. The Morgan fingerprint density at radius 3 is 2.92 bits per heavy atom. The molecular weight excluding hydrogens is 322 g/mol. The van der Waals surface area contributed by atoms with E-state index in [1.165, 1.54) is 0 Å². The minimum atomic E-state index is -0.258. The molecule has 0 aliphatic rings. The number of carbonyl (C=O) groups is 1.